The lowest BCUT2D eigenvalue weighted by atomic mass is 10.0. The molecule has 0 fully saturated rings. The van der Waals surface area contributed by atoms with Gasteiger partial charge in [-0.3, -0.25) is 9.10 Å². The first-order valence-corrected chi connectivity index (χ1v) is 7.28. The van der Waals surface area contributed by atoms with E-state index in [1.165, 1.54) is 12.5 Å². The normalized spacial score (nSPS) is 18.0. The van der Waals surface area contributed by atoms with Gasteiger partial charge in [-0.1, -0.05) is 18.2 Å². The Morgan fingerprint density at radius 3 is 2.80 bits per heavy atom. The molecular formula is C12H11N3O4S. The van der Waals surface area contributed by atoms with E-state index < -0.39 is 21.9 Å². The molecule has 1 unspecified atom stereocenters. The minimum atomic E-state index is -3.82. The molecule has 3 rings (SSSR count). The number of rotatable bonds is 3. The van der Waals surface area contributed by atoms with Gasteiger partial charge >= 0.3 is 5.97 Å². The van der Waals surface area contributed by atoms with Crippen LogP contribution < -0.4 is 4.31 Å². The molecule has 0 bridgehead atoms. The van der Waals surface area contributed by atoms with Gasteiger partial charge in [0.25, 0.3) is 10.0 Å². The first-order chi connectivity index (χ1) is 9.51. The standard InChI is InChI=1S/C12H11N3O4S/c16-12(17)9-6-15(10-4-2-1-3-8(9)10)20(18,19)11-5-13-7-14-11/h1-5,7,9H,6H2,(H,13,14)(H,16,17). The summed E-state index contributed by atoms with van der Waals surface area (Å²) >= 11 is 0. The summed E-state index contributed by atoms with van der Waals surface area (Å²) in [6.07, 6.45) is 2.47. The van der Waals surface area contributed by atoms with E-state index in [4.69, 9.17) is 0 Å². The molecule has 0 saturated carbocycles. The smallest absolute Gasteiger partial charge is 0.312 e. The maximum absolute atomic E-state index is 12.5. The number of carbonyl (C=O) groups is 1. The summed E-state index contributed by atoms with van der Waals surface area (Å²) in [6.45, 7) is -0.115. The van der Waals surface area contributed by atoms with Crippen LogP contribution in [-0.2, 0) is 14.8 Å². The van der Waals surface area contributed by atoms with E-state index in [0.29, 0.717) is 11.3 Å². The van der Waals surface area contributed by atoms with Gasteiger partial charge in [0.15, 0.2) is 5.03 Å². The Morgan fingerprint density at radius 1 is 1.40 bits per heavy atom. The second-order valence-electron chi connectivity index (χ2n) is 4.40. The first-order valence-electron chi connectivity index (χ1n) is 5.84. The highest BCUT2D eigenvalue weighted by atomic mass is 32.2. The van der Waals surface area contributed by atoms with E-state index in [1.54, 1.807) is 24.3 Å². The van der Waals surface area contributed by atoms with Gasteiger partial charge in [-0.2, -0.15) is 8.42 Å². The Kier molecular flexibility index (Phi) is 2.75. The quantitative estimate of drug-likeness (QED) is 0.870. The summed E-state index contributed by atoms with van der Waals surface area (Å²) in [5.41, 5.74) is 0.901. The maximum Gasteiger partial charge on any atom is 0.312 e. The fourth-order valence-electron chi connectivity index (χ4n) is 2.31. The summed E-state index contributed by atoms with van der Waals surface area (Å²) < 4.78 is 26.1. The molecule has 1 aromatic carbocycles. The topological polar surface area (TPSA) is 103 Å². The van der Waals surface area contributed by atoms with Gasteiger partial charge < -0.3 is 10.1 Å². The van der Waals surface area contributed by atoms with Gasteiger partial charge in [0, 0.05) is 0 Å². The summed E-state index contributed by atoms with van der Waals surface area (Å²) in [6, 6.07) is 6.61. The van der Waals surface area contributed by atoms with Gasteiger partial charge in [0.1, 0.15) is 5.92 Å². The molecule has 2 aromatic rings. The minimum Gasteiger partial charge on any atom is -0.481 e. The van der Waals surface area contributed by atoms with Crippen LogP contribution in [0.25, 0.3) is 0 Å². The van der Waals surface area contributed by atoms with Gasteiger partial charge in [-0.25, -0.2) is 4.98 Å². The fraction of sp³-hybridized carbons (Fsp3) is 0.167. The van der Waals surface area contributed by atoms with Gasteiger partial charge in [0.05, 0.1) is 24.8 Å². The molecule has 7 nitrogen and oxygen atoms in total. The van der Waals surface area contributed by atoms with E-state index in [2.05, 4.69) is 9.97 Å². The number of imidazole rings is 1. The monoisotopic (exact) mass is 293 g/mol. The van der Waals surface area contributed by atoms with Crippen LogP contribution in [0.5, 0.6) is 0 Å². The number of nitrogens with one attached hydrogen (secondary N) is 1. The van der Waals surface area contributed by atoms with E-state index in [9.17, 15) is 18.3 Å². The van der Waals surface area contributed by atoms with Crippen LogP contribution in [0.2, 0.25) is 0 Å². The molecule has 0 amide bonds. The van der Waals surface area contributed by atoms with Crippen LogP contribution in [0.3, 0.4) is 0 Å². The zero-order chi connectivity index (χ0) is 14.3. The number of aromatic amines is 1. The highest BCUT2D eigenvalue weighted by Crippen LogP contribution is 2.39. The van der Waals surface area contributed by atoms with E-state index >= 15 is 0 Å². The van der Waals surface area contributed by atoms with Crippen molar-refractivity contribution in [2.45, 2.75) is 10.9 Å². The highest BCUT2D eigenvalue weighted by Gasteiger charge is 2.40. The van der Waals surface area contributed by atoms with Crippen LogP contribution in [0.4, 0.5) is 5.69 Å². The van der Waals surface area contributed by atoms with Crippen molar-refractivity contribution in [2.24, 2.45) is 0 Å². The van der Waals surface area contributed by atoms with Crippen molar-refractivity contribution in [2.75, 3.05) is 10.8 Å². The third kappa shape index (κ3) is 1.76. The number of carboxylic acid groups (broad SMARTS) is 1. The predicted octanol–water partition coefficient (Wildman–Crippen LogP) is 0.787. The third-order valence-corrected chi connectivity index (χ3v) is 4.97. The van der Waals surface area contributed by atoms with Crippen molar-refractivity contribution < 1.29 is 18.3 Å². The molecule has 8 heteroatoms. The molecule has 0 spiro atoms. The number of aromatic nitrogens is 2. The van der Waals surface area contributed by atoms with E-state index in [0.717, 1.165) is 4.31 Å². The van der Waals surface area contributed by atoms with E-state index in [-0.39, 0.29) is 11.6 Å². The number of anilines is 1. The maximum atomic E-state index is 12.5. The van der Waals surface area contributed by atoms with Crippen LogP contribution >= 0.6 is 0 Å². The average molecular weight is 293 g/mol. The number of benzene rings is 1. The molecule has 0 aliphatic carbocycles. The second-order valence-corrected chi connectivity index (χ2v) is 6.23. The van der Waals surface area contributed by atoms with Crippen molar-refractivity contribution in [3.05, 3.63) is 42.4 Å². The molecule has 104 valence electrons. The van der Waals surface area contributed by atoms with Crippen molar-refractivity contribution in [3.8, 4) is 0 Å². The number of hydrogen-bond acceptors (Lipinski definition) is 4. The van der Waals surface area contributed by atoms with Crippen molar-refractivity contribution in [1.82, 2.24) is 9.97 Å². The molecule has 0 radical (unpaired) electrons. The number of H-pyrrole nitrogens is 1. The minimum absolute atomic E-state index is 0.0571. The fourth-order valence-corrected chi connectivity index (χ4v) is 3.72. The van der Waals surface area contributed by atoms with Crippen LogP contribution in [0, 0.1) is 0 Å². The Balaban J connectivity index is 2.12. The number of fused-ring (bicyclic) bond motifs is 1. The molecular weight excluding hydrogens is 282 g/mol. The molecule has 1 aliphatic rings. The number of nitrogens with zero attached hydrogens (tertiary/aromatic N) is 2. The molecule has 2 heterocycles. The Bertz CT molecular complexity index is 755. The lowest BCUT2D eigenvalue weighted by Crippen LogP contribution is -2.31. The van der Waals surface area contributed by atoms with Gasteiger partial charge in [0.2, 0.25) is 0 Å². The number of carboxylic acids is 1. The molecule has 2 N–H and O–H groups in total. The SMILES string of the molecule is O=C(O)C1CN(S(=O)(=O)c2cnc[nH]2)c2ccccc21. The number of aliphatic carboxylic acids is 1. The van der Waals surface area contributed by atoms with Crippen LogP contribution in [0.15, 0.2) is 41.8 Å². The Morgan fingerprint density at radius 2 is 2.15 bits per heavy atom. The molecule has 1 atom stereocenters. The molecule has 20 heavy (non-hydrogen) atoms. The summed E-state index contributed by atoms with van der Waals surface area (Å²) in [5, 5.41) is 9.18. The Hall–Kier alpha value is -2.35. The van der Waals surface area contributed by atoms with Crippen LogP contribution in [0.1, 0.15) is 11.5 Å². The first kappa shape index (κ1) is 12.7. The molecule has 1 aliphatic heterocycles. The largest absolute Gasteiger partial charge is 0.481 e. The third-order valence-electron chi connectivity index (χ3n) is 3.27. The Labute approximate surface area is 114 Å². The van der Waals surface area contributed by atoms with Crippen molar-refractivity contribution >= 4 is 21.7 Å². The van der Waals surface area contributed by atoms with Crippen molar-refractivity contribution in [1.29, 1.82) is 0 Å². The summed E-state index contributed by atoms with van der Waals surface area (Å²) in [5.74, 6) is -1.90. The number of hydrogen-bond donors (Lipinski definition) is 2. The molecule has 0 saturated heterocycles. The lowest BCUT2D eigenvalue weighted by Gasteiger charge is -2.18. The number of para-hydroxylation sites is 1. The lowest BCUT2D eigenvalue weighted by molar-refractivity contribution is -0.138. The van der Waals surface area contributed by atoms with Crippen molar-refractivity contribution in [3.63, 3.8) is 0 Å². The molecule has 1 aromatic heterocycles. The van der Waals surface area contributed by atoms with Crippen LogP contribution in [-0.4, -0.2) is 36.0 Å². The summed E-state index contributed by atoms with van der Waals surface area (Å²) in [4.78, 5) is 17.5. The highest BCUT2D eigenvalue weighted by molar-refractivity contribution is 7.92. The number of sulfonamides is 1. The zero-order valence-corrected chi connectivity index (χ0v) is 11.0. The van der Waals surface area contributed by atoms with Gasteiger partial charge in [-0.05, 0) is 11.6 Å². The second kappa shape index (κ2) is 4.34. The zero-order valence-electron chi connectivity index (χ0n) is 10.2. The average Bonchev–Trinajstić information content (AvgIpc) is 3.07. The predicted molar refractivity (Wildman–Crippen MR) is 69.9 cm³/mol. The van der Waals surface area contributed by atoms with Gasteiger partial charge in [-0.15, -0.1) is 0 Å². The van der Waals surface area contributed by atoms with E-state index in [1.807, 2.05) is 0 Å². The summed E-state index contributed by atoms with van der Waals surface area (Å²) in [7, 11) is -3.82.